The van der Waals surface area contributed by atoms with Crippen LogP contribution in [0.3, 0.4) is 0 Å². The predicted molar refractivity (Wildman–Crippen MR) is 12.7 cm³/mol. The van der Waals surface area contributed by atoms with Crippen molar-refractivity contribution in [2.75, 3.05) is 0 Å². The van der Waals surface area contributed by atoms with E-state index in [1.807, 2.05) is 0 Å². The zero-order chi connectivity index (χ0) is 4.50. The van der Waals surface area contributed by atoms with Gasteiger partial charge in [-0.2, -0.15) is 0 Å². The van der Waals surface area contributed by atoms with Gasteiger partial charge < -0.3 is 28.2 Å². The van der Waals surface area contributed by atoms with E-state index >= 15 is 0 Å². The van der Waals surface area contributed by atoms with E-state index in [1.54, 1.807) is 0 Å². The van der Waals surface area contributed by atoms with Gasteiger partial charge >= 0.3 is 28.8 Å². The first kappa shape index (κ1) is 15.7. The Kier molecular flexibility index (Phi) is 11.7. The van der Waals surface area contributed by atoms with Gasteiger partial charge in [0.2, 0.25) is 0 Å². The van der Waals surface area contributed by atoms with Crippen LogP contribution in [-0.2, 0) is 0 Å². The van der Waals surface area contributed by atoms with Crippen molar-refractivity contribution in [1.29, 1.82) is 0 Å². The Balaban J connectivity index is -0.0000000800. The third-order valence-corrected chi connectivity index (χ3v) is 0. The molecule has 0 saturated heterocycles. The van der Waals surface area contributed by atoms with Crippen molar-refractivity contribution < 1.29 is 38.0 Å². The maximum absolute atomic E-state index is 8.58. The van der Waals surface area contributed by atoms with E-state index in [2.05, 4.69) is 0 Å². The van der Waals surface area contributed by atoms with Gasteiger partial charge in [-0.05, 0) is 0 Å². The molecule has 0 bridgehead atoms. The van der Waals surface area contributed by atoms with Gasteiger partial charge in [-0.3, -0.25) is 0 Å². The molecule has 0 aliphatic carbocycles. The molecular weight excluding hydrogens is 130 g/mol. The standard InChI is InChI=1S/Li.O4Si.P/c;1-5(2,3)4;/q+1;-4;+3. The van der Waals surface area contributed by atoms with E-state index in [0.29, 0.717) is 0 Å². The van der Waals surface area contributed by atoms with E-state index in [1.165, 1.54) is 0 Å². The van der Waals surface area contributed by atoms with Crippen LogP contribution < -0.4 is 38.0 Å². The average molecular weight is 130 g/mol. The van der Waals surface area contributed by atoms with Gasteiger partial charge in [0.25, 0.3) is 0 Å². The summed E-state index contributed by atoms with van der Waals surface area (Å²) in [5.41, 5.74) is 0. The van der Waals surface area contributed by atoms with Crippen molar-refractivity contribution in [1.82, 2.24) is 0 Å². The molecule has 0 aromatic carbocycles. The van der Waals surface area contributed by atoms with E-state index in [0.717, 1.165) is 0 Å². The van der Waals surface area contributed by atoms with Crippen LogP contribution in [0.5, 0.6) is 0 Å². The third kappa shape index (κ3) is 156. The second kappa shape index (κ2) is 5.23. The summed E-state index contributed by atoms with van der Waals surface area (Å²) in [5.74, 6) is 0. The summed E-state index contributed by atoms with van der Waals surface area (Å²) in [6, 6.07) is 0. The van der Waals surface area contributed by atoms with Crippen LogP contribution in [0.1, 0.15) is 0 Å². The fraction of sp³-hybridized carbons (Fsp3) is 0. The van der Waals surface area contributed by atoms with Crippen LogP contribution in [0.2, 0.25) is 0 Å². The molecule has 0 rings (SSSR count). The summed E-state index contributed by atoms with van der Waals surface area (Å²) in [7, 11) is -5.61. The minimum absolute atomic E-state index is 0. The van der Waals surface area contributed by atoms with Crippen molar-refractivity contribution in [3.05, 3.63) is 0 Å². The fourth-order valence-corrected chi connectivity index (χ4v) is 0. The monoisotopic (exact) mass is 130 g/mol. The average Bonchev–Trinajstić information content (AvgIpc) is 0.722. The molecule has 0 aromatic heterocycles. The first-order valence-electron chi connectivity index (χ1n) is 0.816. The number of hydrogen-bond donors (Lipinski definition) is 0. The molecule has 0 heterocycles. The van der Waals surface area contributed by atoms with E-state index in [9.17, 15) is 0 Å². The van der Waals surface area contributed by atoms with Crippen molar-refractivity contribution >= 4 is 18.9 Å². The smallest absolute Gasteiger partial charge is 0.894 e. The second-order valence-corrected chi connectivity index (χ2v) is 1.50. The molecule has 0 amide bonds. The van der Waals surface area contributed by atoms with Crippen LogP contribution in [0.15, 0.2) is 0 Å². The summed E-state index contributed by atoms with van der Waals surface area (Å²) in [4.78, 5) is 34.3. The van der Waals surface area contributed by atoms with E-state index < -0.39 is 9.05 Å². The van der Waals surface area contributed by atoms with Crippen molar-refractivity contribution in [3.8, 4) is 0 Å². The summed E-state index contributed by atoms with van der Waals surface area (Å²) in [5, 5.41) is 0. The molecule has 0 unspecified atom stereocenters. The molecule has 0 fully saturated rings. The Labute approximate surface area is 57.5 Å². The van der Waals surface area contributed by atoms with Crippen LogP contribution in [0.4, 0.5) is 0 Å². The van der Waals surface area contributed by atoms with Gasteiger partial charge in [-0.1, -0.05) is 0 Å². The van der Waals surface area contributed by atoms with Gasteiger partial charge in [0.15, 0.2) is 0 Å². The van der Waals surface area contributed by atoms with Gasteiger partial charge in [0, 0.05) is 0 Å². The molecule has 0 saturated carbocycles. The molecule has 0 aliphatic rings. The summed E-state index contributed by atoms with van der Waals surface area (Å²) in [6.07, 6.45) is 0. The van der Waals surface area contributed by atoms with Crippen molar-refractivity contribution in [2.24, 2.45) is 0 Å². The molecule has 0 aromatic rings. The van der Waals surface area contributed by atoms with Crippen molar-refractivity contribution in [3.63, 3.8) is 0 Å². The predicted octanol–water partition coefficient (Wildman–Crippen LogP) is -7.27. The molecule has 0 aliphatic heterocycles. The van der Waals surface area contributed by atoms with E-state index in [-0.39, 0.29) is 28.8 Å². The topological polar surface area (TPSA) is 92.2 Å². The van der Waals surface area contributed by atoms with Crippen LogP contribution in [0.25, 0.3) is 0 Å². The fourth-order valence-electron chi connectivity index (χ4n) is 0. The molecule has 34 valence electrons. The Hall–Kier alpha value is 1.08. The summed E-state index contributed by atoms with van der Waals surface area (Å²) >= 11 is 0. The quantitative estimate of drug-likeness (QED) is 0.240. The van der Waals surface area contributed by atoms with E-state index in [4.69, 9.17) is 19.2 Å². The Morgan fingerprint density at radius 3 is 0.857 bits per heavy atom. The molecule has 0 spiro atoms. The van der Waals surface area contributed by atoms with Gasteiger partial charge in [0.1, 0.15) is 0 Å². The Bertz CT molecular complexity index is 27.2. The molecule has 0 N–H and O–H groups in total. The molecular formula is LiO4PSi. The van der Waals surface area contributed by atoms with Crippen LogP contribution in [-0.4, -0.2) is 9.05 Å². The van der Waals surface area contributed by atoms with Crippen LogP contribution >= 0.6 is 9.90 Å². The second-order valence-electron chi connectivity index (χ2n) is 0.500. The Morgan fingerprint density at radius 1 is 0.857 bits per heavy atom. The maximum Gasteiger partial charge on any atom is 3.00 e. The third-order valence-electron chi connectivity index (χ3n) is 0. The number of hydrogen-bond acceptors (Lipinski definition) is 4. The minimum Gasteiger partial charge on any atom is -0.894 e. The summed E-state index contributed by atoms with van der Waals surface area (Å²) < 4.78 is 0. The largest absolute Gasteiger partial charge is 3.00 e. The molecule has 7 heteroatoms. The van der Waals surface area contributed by atoms with Gasteiger partial charge in [-0.25, -0.2) is 0 Å². The zero-order valence-electron chi connectivity index (χ0n) is 3.58. The SMILES string of the molecule is [Li+].[O-][Si]([O-])([O-])[O-].[P+3]. The first-order chi connectivity index (χ1) is 2.00. The first-order valence-corrected chi connectivity index (χ1v) is 2.45. The molecule has 7 heavy (non-hydrogen) atoms. The maximum atomic E-state index is 8.58. The number of rotatable bonds is 0. The van der Waals surface area contributed by atoms with Crippen LogP contribution in [0, 0.1) is 0 Å². The zero-order valence-corrected chi connectivity index (χ0v) is 5.47. The van der Waals surface area contributed by atoms with Crippen molar-refractivity contribution in [2.45, 2.75) is 0 Å². The normalized spacial score (nSPS) is 8.57. The molecule has 4 nitrogen and oxygen atoms in total. The minimum atomic E-state index is -5.61. The van der Waals surface area contributed by atoms with Gasteiger partial charge in [-0.15, -0.1) is 0 Å². The Morgan fingerprint density at radius 2 is 0.857 bits per heavy atom. The summed E-state index contributed by atoms with van der Waals surface area (Å²) in [6.45, 7) is 0. The molecule has 0 atom stereocenters. The van der Waals surface area contributed by atoms with Gasteiger partial charge in [0.05, 0.1) is 0 Å². The molecule has 2 radical (unpaired) electrons.